The Kier molecular flexibility index (Phi) is 2.88. The van der Waals surface area contributed by atoms with E-state index in [2.05, 4.69) is 16.1 Å². The van der Waals surface area contributed by atoms with Crippen LogP contribution in [0.5, 0.6) is 0 Å². The highest BCUT2D eigenvalue weighted by Crippen LogP contribution is 2.38. The maximum atomic E-state index is 6.36. The highest BCUT2D eigenvalue weighted by atomic mass is 15.2. The van der Waals surface area contributed by atoms with Crippen molar-refractivity contribution < 1.29 is 0 Å². The summed E-state index contributed by atoms with van der Waals surface area (Å²) in [5.41, 5.74) is 9.57. The number of nitrogens with two attached hydrogens (primary N) is 1. The Morgan fingerprint density at radius 1 is 1.44 bits per heavy atom. The van der Waals surface area contributed by atoms with Gasteiger partial charge in [-0.25, -0.2) is 0 Å². The van der Waals surface area contributed by atoms with Gasteiger partial charge in [-0.1, -0.05) is 12.5 Å². The molecule has 4 heteroatoms. The number of hydrogen-bond acceptors (Lipinski definition) is 3. The van der Waals surface area contributed by atoms with Crippen LogP contribution in [0.15, 0.2) is 30.7 Å². The molecule has 0 amide bonds. The molecule has 2 heterocycles. The van der Waals surface area contributed by atoms with E-state index in [1.54, 1.807) is 4.68 Å². The first kappa shape index (κ1) is 11.4. The normalized spacial score (nSPS) is 17.4. The van der Waals surface area contributed by atoms with Crippen molar-refractivity contribution in [2.45, 2.75) is 25.3 Å². The van der Waals surface area contributed by atoms with Crippen LogP contribution in [0.25, 0.3) is 11.1 Å². The van der Waals surface area contributed by atoms with Crippen LogP contribution in [-0.4, -0.2) is 14.8 Å². The fourth-order valence-electron chi connectivity index (χ4n) is 2.51. The van der Waals surface area contributed by atoms with E-state index in [-0.39, 0.29) is 6.04 Å². The Balaban J connectivity index is 1.99. The minimum absolute atomic E-state index is 0.0511. The maximum Gasteiger partial charge on any atom is 0.0653 e. The molecule has 94 valence electrons. The molecule has 1 atom stereocenters. The van der Waals surface area contributed by atoms with E-state index < -0.39 is 0 Å². The fourth-order valence-corrected chi connectivity index (χ4v) is 2.51. The van der Waals surface area contributed by atoms with Gasteiger partial charge < -0.3 is 5.73 Å². The average molecular weight is 242 g/mol. The molecule has 1 fully saturated rings. The van der Waals surface area contributed by atoms with Crippen LogP contribution in [0.2, 0.25) is 0 Å². The summed E-state index contributed by atoms with van der Waals surface area (Å²) in [6, 6.07) is 4.09. The summed E-state index contributed by atoms with van der Waals surface area (Å²) >= 11 is 0. The lowest BCUT2D eigenvalue weighted by atomic mass is 9.78. The lowest BCUT2D eigenvalue weighted by molar-refractivity contribution is 0.261. The summed E-state index contributed by atoms with van der Waals surface area (Å²) in [5, 5.41) is 4.22. The van der Waals surface area contributed by atoms with Gasteiger partial charge in [-0.3, -0.25) is 9.67 Å². The maximum absolute atomic E-state index is 6.36. The smallest absolute Gasteiger partial charge is 0.0653 e. The van der Waals surface area contributed by atoms with Crippen molar-refractivity contribution in [2.75, 3.05) is 0 Å². The van der Waals surface area contributed by atoms with E-state index in [0.29, 0.717) is 5.92 Å². The summed E-state index contributed by atoms with van der Waals surface area (Å²) in [6.45, 7) is 0. The Morgan fingerprint density at radius 3 is 2.89 bits per heavy atom. The molecule has 0 saturated heterocycles. The third-order valence-corrected chi connectivity index (χ3v) is 3.83. The SMILES string of the molecule is Cn1cc(-c2cccnc2C(N)C2CCC2)cn1. The van der Waals surface area contributed by atoms with E-state index >= 15 is 0 Å². The molecule has 0 aromatic carbocycles. The molecule has 1 saturated carbocycles. The lowest BCUT2D eigenvalue weighted by Gasteiger charge is -2.31. The van der Waals surface area contributed by atoms with Crippen LogP contribution < -0.4 is 5.73 Å². The molecule has 0 aliphatic heterocycles. The quantitative estimate of drug-likeness (QED) is 0.898. The van der Waals surface area contributed by atoms with Crippen LogP contribution >= 0.6 is 0 Å². The van der Waals surface area contributed by atoms with Gasteiger partial charge in [-0.15, -0.1) is 0 Å². The zero-order valence-electron chi connectivity index (χ0n) is 10.6. The number of nitrogens with zero attached hydrogens (tertiary/aromatic N) is 3. The minimum Gasteiger partial charge on any atom is -0.322 e. The average Bonchev–Trinajstić information content (AvgIpc) is 2.73. The van der Waals surface area contributed by atoms with Gasteiger partial charge in [0.05, 0.1) is 17.9 Å². The Bertz CT molecular complexity index is 542. The Morgan fingerprint density at radius 2 is 2.28 bits per heavy atom. The van der Waals surface area contributed by atoms with E-state index in [9.17, 15) is 0 Å². The highest BCUT2D eigenvalue weighted by Gasteiger charge is 2.28. The molecular formula is C14H18N4. The second-order valence-corrected chi connectivity index (χ2v) is 5.06. The molecule has 18 heavy (non-hydrogen) atoms. The lowest BCUT2D eigenvalue weighted by Crippen LogP contribution is -2.28. The summed E-state index contributed by atoms with van der Waals surface area (Å²) < 4.78 is 1.81. The first-order valence-electron chi connectivity index (χ1n) is 6.45. The monoisotopic (exact) mass is 242 g/mol. The van der Waals surface area contributed by atoms with Crippen molar-refractivity contribution in [1.29, 1.82) is 0 Å². The van der Waals surface area contributed by atoms with Crippen LogP contribution in [0.3, 0.4) is 0 Å². The molecule has 1 unspecified atom stereocenters. The van der Waals surface area contributed by atoms with Gasteiger partial charge in [0.15, 0.2) is 0 Å². The molecule has 2 aromatic rings. The molecule has 0 radical (unpaired) electrons. The van der Waals surface area contributed by atoms with Crippen molar-refractivity contribution in [3.63, 3.8) is 0 Å². The largest absolute Gasteiger partial charge is 0.322 e. The van der Waals surface area contributed by atoms with Crippen LogP contribution in [0.1, 0.15) is 31.0 Å². The van der Waals surface area contributed by atoms with Crippen molar-refractivity contribution in [3.05, 3.63) is 36.4 Å². The topological polar surface area (TPSA) is 56.7 Å². The van der Waals surface area contributed by atoms with E-state index in [4.69, 9.17) is 5.73 Å². The minimum atomic E-state index is 0.0511. The highest BCUT2D eigenvalue weighted by molar-refractivity contribution is 5.64. The third kappa shape index (κ3) is 1.93. The number of pyridine rings is 1. The van der Waals surface area contributed by atoms with E-state index in [1.165, 1.54) is 19.3 Å². The number of hydrogen-bond donors (Lipinski definition) is 1. The second kappa shape index (κ2) is 4.53. The fraction of sp³-hybridized carbons (Fsp3) is 0.429. The van der Waals surface area contributed by atoms with Gasteiger partial charge in [0.25, 0.3) is 0 Å². The third-order valence-electron chi connectivity index (χ3n) is 3.83. The van der Waals surface area contributed by atoms with E-state index in [0.717, 1.165) is 16.8 Å². The number of aryl methyl sites for hydroxylation is 1. The van der Waals surface area contributed by atoms with Crippen molar-refractivity contribution in [3.8, 4) is 11.1 Å². The molecule has 0 spiro atoms. The van der Waals surface area contributed by atoms with Crippen LogP contribution in [0.4, 0.5) is 0 Å². The summed E-state index contributed by atoms with van der Waals surface area (Å²) in [5.74, 6) is 0.593. The summed E-state index contributed by atoms with van der Waals surface area (Å²) in [7, 11) is 1.92. The van der Waals surface area contributed by atoms with Crippen molar-refractivity contribution in [1.82, 2.24) is 14.8 Å². The van der Waals surface area contributed by atoms with E-state index in [1.807, 2.05) is 31.7 Å². The van der Waals surface area contributed by atoms with Gasteiger partial charge >= 0.3 is 0 Å². The van der Waals surface area contributed by atoms with Crippen LogP contribution in [-0.2, 0) is 7.05 Å². The molecule has 2 N–H and O–H groups in total. The van der Waals surface area contributed by atoms with Gasteiger partial charge in [-0.2, -0.15) is 5.10 Å². The molecule has 1 aliphatic carbocycles. The number of aromatic nitrogens is 3. The van der Waals surface area contributed by atoms with Gasteiger partial charge in [0, 0.05) is 30.6 Å². The van der Waals surface area contributed by atoms with Gasteiger partial charge in [0.1, 0.15) is 0 Å². The standard InChI is InChI=1S/C14H18N4/c1-18-9-11(8-17-18)12-6-3-7-16-14(12)13(15)10-4-2-5-10/h3,6-10,13H,2,4-5,15H2,1H3. The summed E-state index contributed by atoms with van der Waals surface area (Å²) in [6.07, 6.45) is 9.46. The number of rotatable bonds is 3. The first-order chi connectivity index (χ1) is 8.75. The predicted octanol–water partition coefficient (Wildman–Crippen LogP) is 2.28. The van der Waals surface area contributed by atoms with Crippen LogP contribution in [0, 0.1) is 5.92 Å². The van der Waals surface area contributed by atoms with Crippen molar-refractivity contribution in [2.24, 2.45) is 18.7 Å². The van der Waals surface area contributed by atoms with Gasteiger partial charge in [-0.05, 0) is 24.8 Å². The molecule has 2 aromatic heterocycles. The molecule has 1 aliphatic rings. The molecule has 4 nitrogen and oxygen atoms in total. The first-order valence-corrected chi connectivity index (χ1v) is 6.45. The van der Waals surface area contributed by atoms with Gasteiger partial charge in [0.2, 0.25) is 0 Å². The zero-order valence-corrected chi connectivity index (χ0v) is 10.6. The summed E-state index contributed by atoms with van der Waals surface area (Å²) in [4.78, 5) is 4.51. The predicted molar refractivity (Wildman–Crippen MR) is 70.7 cm³/mol. The Hall–Kier alpha value is -1.68. The van der Waals surface area contributed by atoms with Crippen molar-refractivity contribution >= 4 is 0 Å². The zero-order chi connectivity index (χ0) is 12.5. The molecule has 3 rings (SSSR count). The second-order valence-electron chi connectivity index (χ2n) is 5.06. The molecule has 0 bridgehead atoms. The molecular weight excluding hydrogens is 224 g/mol. The Labute approximate surface area is 107 Å².